The van der Waals surface area contributed by atoms with Crippen molar-refractivity contribution in [2.45, 2.75) is 45.3 Å². The topological polar surface area (TPSA) is 77.8 Å². The van der Waals surface area contributed by atoms with Crippen LogP contribution >= 0.6 is 0 Å². The van der Waals surface area contributed by atoms with E-state index in [-0.39, 0.29) is 0 Å². The van der Waals surface area contributed by atoms with E-state index in [2.05, 4.69) is 0 Å². The summed E-state index contributed by atoms with van der Waals surface area (Å²) in [5.41, 5.74) is -2.02. The first-order valence-electron chi connectivity index (χ1n) is 4.51. The maximum Gasteiger partial charge on any atom is 0.338 e. The number of aliphatic hydroxyl groups is 2. The summed E-state index contributed by atoms with van der Waals surface area (Å²) in [5, 5.41) is 28.0. The van der Waals surface area contributed by atoms with Gasteiger partial charge in [0.1, 0.15) is 0 Å². The normalized spacial score (nSPS) is 18.3. The number of rotatable bonds is 5. The lowest BCUT2D eigenvalue weighted by molar-refractivity contribution is -0.180. The molecule has 0 bridgehead atoms. The molecule has 0 fully saturated rings. The standard InChI is InChI=1S/C9H18O4/c1-4-5-7(10)9(13,6(2)3)8(11)12/h6-7,10,13H,4-5H2,1-3H3,(H,11,12). The Morgan fingerprint density at radius 1 is 1.46 bits per heavy atom. The van der Waals surface area contributed by atoms with Gasteiger partial charge in [-0.25, -0.2) is 4.79 Å². The minimum Gasteiger partial charge on any atom is -0.479 e. The lowest BCUT2D eigenvalue weighted by atomic mass is 9.83. The molecular weight excluding hydrogens is 172 g/mol. The number of carboxylic acid groups (broad SMARTS) is 1. The average molecular weight is 190 g/mol. The lowest BCUT2D eigenvalue weighted by Crippen LogP contribution is -2.53. The Morgan fingerprint density at radius 2 is 1.92 bits per heavy atom. The summed E-state index contributed by atoms with van der Waals surface area (Å²) in [5.74, 6) is -1.87. The van der Waals surface area contributed by atoms with Crippen molar-refractivity contribution in [3.8, 4) is 0 Å². The second-order valence-corrected chi connectivity index (χ2v) is 3.59. The van der Waals surface area contributed by atoms with Crippen molar-refractivity contribution in [1.82, 2.24) is 0 Å². The summed E-state index contributed by atoms with van der Waals surface area (Å²) >= 11 is 0. The third-order valence-corrected chi connectivity index (χ3v) is 2.29. The van der Waals surface area contributed by atoms with E-state index in [4.69, 9.17) is 5.11 Å². The van der Waals surface area contributed by atoms with Crippen LogP contribution in [0, 0.1) is 5.92 Å². The van der Waals surface area contributed by atoms with Crippen LogP contribution in [0.3, 0.4) is 0 Å². The molecule has 0 amide bonds. The Morgan fingerprint density at radius 3 is 2.15 bits per heavy atom. The zero-order valence-electron chi connectivity index (χ0n) is 8.32. The van der Waals surface area contributed by atoms with Gasteiger partial charge in [-0.05, 0) is 12.3 Å². The molecule has 0 aromatic rings. The summed E-state index contributed by atoms with van der Waals surface area (Å²) in [6.45, 7) is 4.98. The van der Waals surface area contributed by atoms with Crippen LogP contribution in [-0.2, 0) is 4.79 Å². The highest BCUT2D eigenvalue weighted by Crippen LogP contribution is 2.24. The van der Waals surface area contributed by atoms with Crippen LogP contribution in [-0.4, -0.2) is 33.0 Å². The number of carbonyl (C=O) groups is 1. The first-order valence-corrected chi connectivity index (χ1v) is 4.51. The van der Waals surface area contributed by atoms with Crippen LogP contribution in [0.2, 0.25) is 0 Å². The highest BCUT2D eigenvalue weighted by molar-refractivity contribution is 5.78. The highest BCUT2D eigenvalue weighted by Gasteiger charge is 2.45. The summed E-state index contributed by atoms with van der Waals surface area (Å²) in [7, 11) is 0. The average Bonchev–Trinajstić information content (AvgIpc) is 2.02. The third-order valence-electron chi connectivity index (χ3n) is 2.29. The van der Waals surface area contributed by atoms with Crippen LogP contribution in [0.5, 0.6) is 0 Å². The molecule has 0 radical (unpaired) electrons. The predicted octanol–water partition coefficient (Wildman–Crippen LogP) is 0.619. The van der Waals surface area contributed by atoms with Gasteiger partial charge in [-0.3, -0.25) is 0 Å². The van der Waals surface area contributed by atoms with Crippen LogP contribution < -0.4 is 0 Å². The van der Waals surface area contributed by atoms with Gasteiger partial charge in [0, 0.05) is 0 Å². The second kappa shape index (κ2) is 4.58. The van der Waals surface area contributed by atoms with E-state index in [1.54, 1.807) is 13.8 Å². The van der Waals surface area contributed by atoms with Crippen molar-refractivity contribution in [3.63, 3.8) is 0 Å². The quantitative estimate of drug-likeness (QED) is 0.594. The number of hydrogen-bond donors (Lipinski definition) is 3. The lowest BCUT2D eigenvalue weighted by Gasteiger charge is -2.32. The number of carboxylic acids is 1. The molecule has 4 nitrogen and oxygen atoms in total. The molecule has 0 aromatic heterocycles. The fourth-order valence-corrected chi connectivity index (χ4v) is 1.27. The molecule has 2 unspecified atom stereocenters. The van der Waals surface area contributed by atoms with E-state index in [0.29, 0.717) is 12.8 Å². The summed E-state index contributed by atoms with van der Waals surface area (Å²) in [4.78, 5) is 10.8. The summed E-state index contributed by atoms with van der Waals surface area (Å²) in [6, 6.07) is 0. The third kappa shape index (κ3) is 2.42. The fourth-order valence-electron chi connectivity index (χ4n) is 1.27. The zero-order valence-corrected chi connectivity index (χ0v) is 8.32. The molecule has 4 heteroatoms. The predicted molar refractivity (Wildman–Crippen MR) is 48.3 cm³/mol. The molecule has 0 saturated carbocycles. The van der Waals surface area contributed by atoms with Gasteiger partial charge in [-0.15, -0.1) is 0 Å². The van der Waals surface area contributed by atoms with E-state index in [9.17, 15) is 15.0 Å². The highest BCUT2D eigenvalue weighted by atomic mass is 16.4. The van der Waals surface area contributed by atoms with Crippen LogP contribution in [0.15, 0.2) is 0 Å². The van der Waals surface area contributed by atoms with Crippen molar-refractivity contribution < 1.29 is 20.1 Å². The largest absolute Gasteiger partial charge is 0.479 e. The van der Waals surface area contributed by atoms with E-state index in [1.165, 1.54) is 0 Å². The van der Waals surface area contributed by atoms with Gasteiger partial charge in [-0.1, -0.05) is 27.2 Å². The van der Waals surface area contributed by atoms with Gasteiger partial charge < -0.3 is 15.3 Å². The Hall–Kier alpha value is -0.610. The van der Waals surface area contributed by atoms with Crippen molar-refractivity contribution in [2.75, 3.05) is 0 Å². The molecule has 0 aliphatic rings. The molecule has 13 heavy (non-hydrogen) atoms. The number of aliphatic hydroxyl groups excluding tert-OH is 1. The second-order valence-electron chi connectivity index (χ2n) is 3.59. The first kappa shape index (κ1) is 12.4. The maximum absolute atomic E-state index is 10.8. The molecule has 2 atom stereocenters. The molecule has 0 rings (SSSR count). The van der Waals surface area contributed by atoms with Gasteiger partial charge in [-0.2, -0.15) is 0 Å². The molecule has 3 N–H and O–H groups in total. The Kier molecular flexibility index (Phi) is 4.36. The zero-order chi connectivity index (χ0) is 10.6. The van der Waals surface area contributed by atoms with Gasteiger partial charge in [0.05, 0.1) is 6.10 Å². The van der Waals surface area contributed by atoms with Gasteiger partial charge in [0.2, 0.25) is 0 Å². The maximum atomic E-state index is 10.8. The molecule has 0 spiro atoms. The molecule has 0 aliphatic carbocycles. The SMILES string of the molecule is CCCC(O)C(O)(C(=O)O)C(C)C. The van der Waals surface area contributed by atoms with Crippen molar-refractivity contribution in [3.05, 3.63) is 0 Å². The minimum absolute atomic E-state index is 0.293. The Bertz CT molecular complexity index is 178. The van der Waals surface area contributed by atoms with Gasteiger partial charge in [0.15, 0.2) is 5.60 Å². The summed E-state index contributed by atoms with van der Waals surface area (Å²) < 4.78 is 0. The molecular formula is C9H18O4. The van der Waals surface area contributed by atoms with E-state index >= 15 is 0 Å². The number of aliphatic carboxylic acids is 1. The van der Waals surface area contributed by atoms with Gasteiger partial charge >= 0.3 is 5.97 Å². The van der Waals surface area contributed by atoms with Crippen LogP contribution in [0.25, 0.3) is 0 Å². The Balaban J connectivity index is 4.68. The summed E-state index contributed by atoms with van der Waals surface area (Å²) in [6.07, 6.45) is -0.264. The molecule has 0 aliphatic heterocycles. The van der Waals surface area contributed by atoms with Gasteiger partial charge in [0.25, 0.3) is 0 Å². The first-order chi connectivity index (χ1) is 5.87. The molecule has 78 valence electrons. The smallest absolute Gasteiger partial charge is 0.338 e. The van der Waals surface area contributed by atoms with E-state index in [0.717, 1.165) is 0 Å². The molecule has 0 heterocycles. The van der Waals surface area contributed by atoms with E-state index < -0.39 is 23.6 Å². The fraction of sp³-hybridized carbons (Fsp3) is 0.889. The molecule has 0 aromatic carbocycles. The van der Waals surface area contributed by atoms with Crippen molar-refractivity contribution in [1.29, 1.82) is 0 Å². The van der Waals surface area contributed by atoms with Crippen LogP contribution in [0.1, 0.15) is 33.6 Å². The van der Waals surface area contributed by atoms with Crippen molar-refractivity contribution >= 4 is 5.97 Å². The monoisotopic (exact) mass is 190 g/mol. The molecule has 0 saturated heterocycles. The van der Waals surface area contributed by atoms with Crippen LogP contribution in [0.4, 0.5) is 0 Å². The minimum atomic E-state index is -2.02. The number of hydrogen-bond acceptors (Lipinski definition) is 3. The van der Waals surface area contributed by atoms with E-state index in [1.807, 2.05) is 6.92 Å². The Labute approximate surface area is 78.2 Å². The van der Waals surface area contributed by atoms with Crippen molar-refractivity contribution in [2.24, 2.45) is 5.92 Å².